The van der Waals surface area contributed by atoms with Crippen LogP contribution in [0, 0.1) is 11.8 Å². The Morgan fingerprint density at radius 1 is 0.596 bits per heavy atom. The van der Waals surface area contributed by atoms with Gasteiger partial charge in [-0.3, -0.25) is 9.80 Å². The van der Waals surface area contributed by atoms with Crippen molar-refractivity contribution in [3.63, 3.8) is 0 Å². The van der Waals surface area contributed by atoms with Crippen molar-refractivity contribution in [3.05, 3.63) is 85.5 Å². The van der Waals surface area contributed by atoms with Crippen molar-refractivity contribution in [1.82, 2.24) is 29.7 Å². The average Bonchev–Trinajstić information content (AvgIpc) is 3.20. The first kappa shape index (κ1) is 33.5. The van der Waals surface area contributed by atoms with E-state index in [1.807, 2.05) is 24.3 Å². The van der Waals surface area contributed by atoms with Gasteiger partial charge in [-0.25, -0.2) is 40.5 Å². The van der Waals surface area contributed by atoms with E-state index in [0.29, 0.717) is 35.2 Å². The summed E-state index contributed by atoms with van der Waals surface area (Å²) in [5.74, 6) is -0.457. The molecule has 14 nitrogen and oxygen atoms in total. The zero-order chi connectivity index (χ0) is 35.3. The van der Waals surface area contributed by atoms with E-state index < -0.39 is 11.9 Å². The number of anilines is 2. The smallest absolute Gasteiger partial charge is 0.355 e. The molecule has 0 saturated carbocycles. The van der Waals surface area contributed by atoms with Crippen LogP contribution in [0.3, 0.4) is 0 Å². The number of hydrogen-bond donors (Lipinski definition) is 2. The maximum Gasteiger partial charge on any atom is 0.355 e. The van der Waals surface area contributed by atoms with E-state index in [0.717, 1.165) is 99.4 Å². The molecule has 6 fully saturated rings. The molecule has 2 atom stereocenters. The summed E-state index contributed by atoms with van der Waals surface area (Å²) in [6.07, 6.45) is 13.7. The summed E-state index contributed by atoms with van der Waals surface area (Å²) in [7, 11) is 0. The van der Waals surface area contributed by atoms with E-state index >= 15 is 0 Å². The fraction of sp³-hybridized carbons (Fsp3) is 0.368. The lowest BCUT2D eigenvalue weighted by Crippen LogP contribution is -2.52. The fourth-order valence-corrected chi connectivity index (χ4v) is 7.36. The highest BCUT2D eigenvalue weighted by Crippen LogP contribution is 2.32. The highest BCUT2D eigenvalue weighted by atomic mass is 16.7. The van der Waals surface area contributed by atoms with Gasteiger partial charge in [-0.1, -0.05) is 24.3 Å². The minimum atomic E-state index is -0.789. The topological polar surface area (TPSA) is 153 Å². The molecule has 0 amide bonds. The molecule has 4 bridgehead atoms. The summed E-state index contributed by atoms with van der Waals surface area (Å²) in [6.45, 7) is 6.42. The molecule has 2 N–H and O–H groups in total. The molecular weight excluding hydrogens is 664 g/mol. The average molecular weight is 705 g/mol. The van der Waals surface area contributed by atoms with Crippen molar-refractivity contribution in [2.24, 2.45) is 11.8 Å². The second-order valence-corrected chi connectivity index (χ2v) is 13.6. The quantitative estimate of drug-likeness (QED) is 0.157. The lowest BCUT2D eigenvalue weighted by molar-refractivity contribution is -0.137. The van der Waals surface area contributed by atoms with Crippen molar-refractivity contribution in [2.45, 2.75) is 37.9 Å². The lowest BCUT2D eigenvalue weighted by Gasteiger charge is -2.43. The highest BCUT2D eigenvalue weighted by molar-refractivity contribution is 5.92. The minimum absolute atomic E-state index is 0.130. The van der Waals surface area contributed by atoms with Crippen LogP contribution in [0.15, 0.2) is 85.5 Å². The number of nitrogens with one attached hydrogen (secondary N) is 2. The normalized spacial score (nSPS) is 24.6. The first-order valence-electron chi connectivity index (χ1n) is 17.8. The first-order valence-corrected chi connectivity index (χ1v) is 17.8. The van der Waals surface area contributed by atoms with Gasteiger partial charge in [-0.15, -0.1) is 0 Å². The van der Waals surface area contributed by atoms with Gasteiger partial charge in [0.25, 0.3) is 0 Å². The molecule has 0 spiro atoms. The zero-order valence-electron chi connectivity index (χ0n) is 28.6. The summed E-state index contributed by atoms with van der Waals surface area (Å²) in [6, 6.07) is 15.2. The molecular formula is C38H40N8O6. The Labute approximate surface area is 301 Å². The standard InChI is InChI=1S/C38H40N8O6/c47-35(51-43-31-5-1-3-27(17-31)29-19-39-37(40-20-29)49-33-23-45-13-9-25(33)10-14-45)7-8-36(48)52-44-32-6-2-4-28(18-32)30-21-41-38(42-22-30)50-34-24-46-15-11-26(34)12-16-46/h1-8,17-22,25-26,33-34,43-44H,9-16,23-24H2/b8-7+/t33-,34-/m1/s1. The van der Waals surface area contributed by atoms with Crippen LogP contribution in [0.1, 0.15) is 25.7 Å². The predicted octanol–water partition coefficient (Wildman–Crippen LogP) is 4.54. The molecule has 6 saturated heterocycles. The summed E-state index contributed by atoms with van der Waals surface area (Å²) in [4.78, 5) is 57.4. The van der Waals surface area contributed by atoms with Gasteiger partial charge in [0.05, 0.1) is 11.4 Å². The molecule has 10 rings (SSSR count). The third-order valence-corrected chi connectivity index (χ3v) is 10.2. The molecule has 6 aliphatic heterocycles. The van der Waals surface area contributed by atoms with Crippen LogP contribution >= 0.6 is 0 Å². The molecule has 2 aromatic carbocycles. The van der Waals surface area contributed by atoms with Crippen LogP contribution in [-0.2, 0) is 19.3 Å². The Balaban J connectivity index is 0.780. The molecule has 14 heteroatoms. The number of hydrogen-bond acceptors (Lipinski definition) is 14. The van der Waals surface area contributed by atoms with Crippen LogP contribution in [0.4, 0.5) is 11.4 Å². The molecule has 268 valence electrons. The number of fused-ring (bicyclic) bond motifs is 6. The minimum Gasteiger partial charge on any atom is -0.458 e. The number of aromatic nitrogens is 4. The summed E-state index contributed by atoms with van der Waals surface area (Å²) in [5.41, 5.74) is 9.49. The first-order chi connectivity index (χ1) is 25.5. The van der Waals surface area contributed by atoms with Crippen molar-refractivity contribution >= 4 is 23.3 Å². The van der Waals surface area contributed by atoms with E-state index in [1.54, 1.807) is 49.1 Å². The van der Waals surface area contributed by atoms with Gasteiger partial charge in [0.1, 0.15) is 12.2 Å². The van der Waals surface area contributed by atoms with Crippen molar-refractivity contribution < 1.29 is 28.7 Å². The number of ether oxygens (including phenoxy) is 2. The van der Waals surface area contributed by atoms with Crippen LogP contribution in [0.5, 0.6) is 12.0 Å². The lowest BCUT2D eigenvalue weighted by atomic mass is 9.86. The maximum absolute atomic E-state index is 12.3. The van der Waals surface area contributed by atoms with Crippen LogP contribution in [0.2, 0.25) is 0 Å². The molecule has 52 heavy (non-hydrogen) atoms. The Bertz CT molecular complexity index is 1760. The molecule has 6 aliphatic rings. The third-order valence-electron chi connectivity index (χ3n) is 10.2. The molecule has 2 aromatic heterocycles. The monoisotopic (exact) mass is 704 g/mol. The van der Waals surface area contributed by atoms with Gasteiger partial charge >= 0.3 is 24.0 Å². The number of rotatable bonds is 12. The summed E-state index contributed by atoms with van der Waals surface area (Å²) in [5, 5.41) is 0. The molecule has 4 aromatic rings. The maximum atomic E-state index is 12.3. The number of piperidine rings is 6. The zero-order valence-corrected chi connectivity index (χ0v) is 28.6. The second-order valence-electron chi connectivity index (χ2n) is 13.6. The molecule has 0 aliphatic carbocycles. The number of nitrogens with zero attached hydrogens (tertiary/aromatic N) is 6. The number of carbonyl (C=O) groups excluding carboxylic acids is 2. The van der Waals surface area contributed by atoms with E-state index in [4.69, 9.17) is 19.1 Å². The van der Waals surface area contributed by atoms with E-state index in [9.17, 15) is 9.59 Å². The van der Waals surface area contributed by atoms with Gasteiger partial charge in [-0.2, -0.15) is 0 Å². The number of carbonyl (C=O) groups is 2. The Morgan fingerprint density at radius 3 is 1.37 bits per heavy atom. The van der Waals surface area contributed by atoms with Gasteiger partial charge in [0, 0.05) is 61.2 Å². The third kappa shape index (κ3) is 8.13. The largest absolute Gasteiger partial charge is 0.458 e. The fourth-order valence-electron chi connectivity index (χ4n) is 7.36. The van der Waals surface area contributed by atoms with E-state index in [-0.39, 0.29) is 12.2 Å². The highest BCUT2D eigenvalue weighted by Gasteiger charge is 2.37. The van der Waals surface area contributed by atoms with Gasteiger partial charge in [0.15, 0.2) is 0 Å². The van der Waals surface area contributed by atoms with E-state index in [1.165, 1.54) is 0 Å². The Morgan fingerprint density at radius 2 is 1.00 bits per heavy atom. The SMILES string of the molecule is O=C(/C=C/C(=O)ONc1cccc(-c2cnc(O[C@@H]3CN4CCC3CC4)nc2)c1)ONc1cccc(-c2cnc(O[C@@H]3CN4CCC3CC4)nc2)c1. The number of benzene rings is 2. The molecule has 0 radical (unpaired) electrons. The summed E-state index contributed by atoms with van der Waals surface area (Å²) < 4.78 is 12.2. The van der Waals surface area contributed by atoms with Gasteiger partial charge in [0.2, 0.25) is 0 Å². The van der Waals surface area contributed by atoms with Gasteiger partial charge < -0.3 is 19.1 Å². The molecule has 8 heterocycles. The van der Waals surface area contributed by atoms with E-state index in [2.05, 4.69) is 40.7 Å². The second kappa shape index (κ2) is 15.3. The predicted molar refractivity (Wildman–Crippen MR) is 191 cm³/mol. The van der Waals surface area contributed by atoms with Crippen molar-refractivity contribution in [3.8, 4) is 34.3 Å². The van der Waals surface area contributed by atoms with Gasteiger partial charge in [-0.05, 0) is 99.1 Å². The van der Waals surface area contributed by atoms with Crippen LogP contribution in [-0.4, -0.2) is 93.2 Å². The Hall–Kier alpha value is -5.60. The van der Waals surface area contributed by atoms with Crippen LogP contribution < -0.4 is 20.4 Å². The van der Waals surface area contributed by atoms with Crippen molar-refractivity contribution in [2.75, 3.05) is 50.2 Å². The van der Waals surface area contributed by atoms with Crippen molar-refractivity contribution in [1.29, 1.82) is 0 Å². The van der Waals surface area contributed by atoms with Crippen LogP contribution in [0.25, 0.3) is 22.3 Å². The Kier molecular flexibility index (Phi) is 9.89. The summed E-state index contributed by atoms with van der Waals surface area (Å²) >= 11 is 0. The molecule has 0 unspecified atom stereocenters.